The Bertz CT molecular complexity index is 626. The molecule has 0 aliphatic heterocycles. The van der Waals surface area contributed by atoms with Gasteiger partial charge in [-0.2, -0.15) is 5.10 Å². The van der Waals surface area contributed by atoms with Crippen molar-refractivity contribution in [1.29, 1.82) is 0 Å². The maximum Gasteiger partial charge on any atom is 0.241 e. The lowest BCUT2D eigenvalue weighted by Crippen LogP contribution is -2.39. The third-order valence-electron chi connectivity index (χ3n) is 4.00. The Morgan fingerprint density at radius 3 is 2.79 bits per heavy atom. The van der Waals surface area contributed by atoms with Crippen LogP contribution in [0.1, 0.15) is 25.5 Å². The van der Waals surface area contributed by atoms with Crippen LogP contribution in [0.4, 0.5) is 0 Å². The van der Waals surface area contributed by atoms with Crippen molar-refractivity contribution in [3.05, 3.63) is 42.5 Å². The van der Waals surface area contributed by atoms with Crippen LogP contribution in [0.25, 0.3) is 0 Å². The van der Waals surface area contributed by atoms with E-state index in [1.807, 2.05) is 18.2 Å². The van der Waals surface area contributed by atoms with Crippen molar-refractivity contribution in [2.45, 2.75) is 26.4 Å². The second-order valence-corrected chi connectivity index (χ2v) is 5.41. The second kappa shape index (κ2) is 9.02. The fraction of sp³-hybridized carbons (Fsp3) is 0.471. The monoisotopic (exact) mass is 331 g/mol. The first kappa shape index (κ1) is 17.9. The lowest BCUT2D eigenvalue weighted by molar-refractivity contribution is -0.122. The van der Waals surface area contributed by atoms with E-state index in [0.29, 0.717) is 6.54 Å². The summed E-state index contributed by atoms with van der Waals surface area (Å²) in [7, 11) is 1.66. The first-order chi connectivity index (χ1) is 11.7. The Morgan fingerprint density at radius 2 is 2.17 bits per heavy atom. The molecule has 2 aromatic rings. The van der Waals surface area contributed by atoms with Gasteiger partial charge in [0.25, 0.3) is 0 Å². The van der Waals surface area contributed by atoms with Crippen LogP contribution in [0.15, 0.2) is 36.9 Å². The molecule has 0 spiro atoms. The SMILES string of the molecule is CCN(CC)C(CNC(=O)Cn1cncn1)c1cccc(OC)c1. The highest BCUT2D eigenvalue weighted by molar-refractivity contribution is 5.75. The van der Waals surface area contributed by atoms with Crippen LogP contribution in [0.5, 0.6) is 5.75 Å². The van der Waals surface area contributed by atoms with Crippen LogP contribution in [-0.2, 0) is 11.3 Å². The summed E-state index contributed by atoms with van der Waals surface area (Å²) in [6.07, 6.45) is 2.95. The minimum Gasteiger partial charge on any atom is -0.497 e. The molecule has 24 heavy (non-hydrogen) atoms. The van der Waals surface area contributed by atoms with Crippen LogP contribution >= 0.6 is 0 Å². The van der Waals surface area contributed by atoms with E-state index < -0.39 is 0 Å². The van der Waals surface area contributed by atoms with E-state index in [0.717, 1.165) is 24.4 Å². The lowest BCUT2D eigenvalue weighted by atomic mass is 10.0. The maximum atomic E-state index is 12.1. The molecule has 7 nitrogen and oxygen atoms in total. The van der Waals surface area contributed by atoms with Crippen molar-refractivity contribution >= 4 is 5.91 Å². The van der Waals surface area contributed by atoms with E-state index in [1.54, 1.807) is 7.11 Å². The lowest BCUT2D eigenvalue weighted by Gasteiger charge is -2.30. The summed E-state index contributed by atoms with van der Waals surface area (Å²) >= 11 is 0. The van der Waals surface area contributed by atoms with Gasteiger partial charge in [-0.15, -0.1) is 0 Å². The zero-order valence-electron chi connectivity index (χ0n) is 14.5. The van der Waals surface area contributed by atoms with Gasteiger partial charge < -0.3 is 10.1 Å². The minimum absolute atomic E-state index is 0.0828. The van der Waals surface area contributed by atoms with Crippen LogP contribution in [0.3, 0.4) is 0 Å². The second-order valence-electron chi connectivity index (χ2n) is 5.41. The summed E-state index contributed by atoms with van der Waals surface area (Å²) in [6, 6.07) is 8.07. The van der Waals surface area contributed by atoms with Crippen molar-refractivity contribution in [1.82, 2.24) is 25.0 Å². The van der Waals surface area contributed by atoms with E-state index in [1.165, 1.54) is 17.3 Å². The Labute approximate surface area is 142 Å². The number of methoxy groups -OCH3 is 1. The average molecular weight is 331 g/mol. The number of carbonyl (C=O) groups is 1. The molecule has 0 saturated heterocycles. The molecule has 0 aliphatic carbocycles. The number of amides is 1. The molecule has 1 aromatic carbocycles. The van der Waals surface area contributed by atoms with Crippen LogP contribution in [0, 0.1) is 0 Å². The fourth-order valence-corrected chi connectivity index (χ4v) is 2.70. The molecule has 7 heteroatoms. The molecular weight excluding hydrogens is 306 g/mol. The summed E-state index contributed by atoms with van der Waals surface area (Å²) in [6.45, 7) is 6.74. The Hall–Kier alpha value is -2.41. The zero-order chi connectivity index (χ0) is 17.4. The third-order valence-corrected chi connectivity index (χ3v) is 4.00. The van der Waals surface area contributed by atoms with E-state index in [2.05, 4.69) is 40.2 Å². The van der Waals surface area contributed by atoms with Gasteiger partial charge in [-0.1, -0.05) is 26.0 Å². The summed E-state index contributed by atoms with van der Waals surface area (Å²) in [5.74, 6) is 0.735. The zero-order valence-corrected chi connectivity index (χ0v) is 14.5. The third kappa shape index (κ3) is 4.79. The maximum absolute atomic E-state index is 12.1. The number of carbonyl (C=O) groups excluding carboxylic acids is 1. The predicted molar refractivity (Wildman–Crippen MR) is 91.7 cm³/mol. The molecule has 1 N–H and O–H groups in total. The van der Waals surface area contributed by atoms with Gasteiger partial charge in [0.05, 0.1) is 13.2 Å². The average Bonchev–Trinajstić information content (AvgIpc) is 3.11. The number of aromatic nitrogens is 3. The molecule has 2 rings (SSSR count). The molecule has 1 amide bonds. The van der Waals surface area contributed by atoms with Gasteiger partial charge in [0.1, 0.15) is 24.9 Å². The molecule has 0 fully saturated rings. The van der Waals surface area contributed by atoms with Gasteiger partial charge in [0.15, 0.2) is 0 Å². The van der Waals surface area contributed by atoms with Gasteiger partial charge in [-0.05, 0) is 30.8 Å². The quantitative estimate of drug-likeness (QED) is 0.754. The molecule has 130 valence electrons. The highest BCUT2D eigenvalue weighted by atomic mass is 16.5. The standard InChI is InChI=1S/C17H25N5O2/c1-4-21(5-2)16(14-7-6-8-15(9-14)24-3)10-19-17(23)11-22-13-18-12-20-22/h6-9,12-13,16H,4-5,10-11H2,1-3H3,(H,19,23). The topological polar surface area (TPSA) is 72.3 Å². The number of rotatable bonds is 9. The highest BCUT2D eigenvalue weighted by Gasteiger charge is 2.19. The van der Waals surface area contributed by atoms with Crippen LogP contribution < -0.4 is 10.1 Å². The van der Waals surface area contributed by atoms with Crippen molar-refractivity contribution < 1.29 is 9.53 Å². The summed E-state index contributed by atoms with van der Waals surface area (Å²) in [5, 5.41) is 6.95. The molecule has 0 radical (unpaired) electrons. The van der Waals surface area contributed by atoms with Crippen molar-refractivity contribution in [2.24, 2.45) is 0 Å². The number of nitrogens with zero attached hydrogens (tertiary/aromatic N) is 4. The summed E-state index contributed by atoms with van der Waals surface area (Å²) in [5.41, 5.74) is 1.12. The van der Waals surface area contributed by atoms with Crippen molar-refractivity contribution in [2.75, 3.05) is 26.7 Å². The Morgan fingerprint density at radius 1 is 1.38 bits per heavy atom. The number of hydrogen-bond donors (Lipinski definition) is 1. The molecule has 1 unspecified atom stereocenters. The summed E-state index contributed by atoms with van der Waals surface area (Å²) < 4.78 is 6.83. The van der Waals surface area contributed by atoms with E-state index in [9.17, 15) is 4.79 Å². The molecule has 0 aliphatic rings. The molecule has 1 aromatic heterocycles. The van der Waals surface area contributed by atoms with Crippen molar-refractivity contribution in [3.8, 4) is 5.75 Å². The van der Waals surface area contributed by atoms with Gasteiger partial charge in [-0.3, -0.25) is 9.69 Å². The normalized spacial score (nSPS) is 12.2. The Balaban J connectivity index is 2.06. The smallest absolute Gasteiger partial charge is 0.241 e. The molecular formula is C17H25N5O2. The van der Waals surface area contributed by atoms with Gasteiger partial charge in [0, 0.05) is 6.54 Å². The van der Waals surface area contributed by atoms with E-state index in [-0.39, 0.29) is 18.5 Å². The Kier molecular flexibility index (Phi) is 6.74. The number of ether oxygens (including phenoxy) is 1. The van der Waals surface area contributed by atoms with E-state index in [4.69, 9.17) is 4.74 Å². The summed E-state index contributed by atoms with van der Waals surface area (Å²) in [4.78, 5) is 18.3. The fourth-order valence-electron chi connectivity index (χ4n) is 2.70. The molecule has 0 saturated carbocycles. The number of likely N-dealkylation sites (N-methyl/N-ethyl adjacent to an activating group) is 1. The molecule has 1 heterocycles. The van der Waals surface area contributed by atoms with Crippen LogP contribution in [0.2, 0.25) is 0 Å². The largest absolute Gasteiger partial charge is 0.497 e. The first-order valence-corrected chi connectivity index (χ1v) is 8.15. The molecule has 1 atom stereocenters. The number of hydrogen-bond acceptors (Lipinski definition) is 5. The first-order valence-electron chi connectivity index (χ1n) is 8.15. The van der Waals surface area contributed by atoms with Gasteiger partial charge in [0.2, 0.25) is 5.91 Å². The van der Waals surface area contributed by atoms with Crippen molar-refractivity contribution in [3.63, 3.8) is 0 Å². The van der Waals surface area contributed by atoms with Gasteiger partial charge >= 0.3 is 0 Å². The molecule has 0 bridgehead atoms. The highest BCUT2D eigenvalue weighted by Crippen LogP contribution is 2.23. The predicted octanol–water partition coefficient (Wildman–Crippen LogP) is 1.49. The number of benzene rings is 1. The minimum atomic E-state index is -0.0828. The number of nitrogens with one attached hydrogen (secondary N) is 1. The van der Waals surface area contributed by atoms with E-state index >= 15 is 0 Å². The van der Waals surface area contributed by atoms with Gasteiger partial charge in [-0.25, -0.2) is 9.67 Å². The van der Waals surface area contributed by atoms with Crippen LogP contribution in [-0.4, -0.2) is 52.3 Å².